The van der Waals surface area contributed by atoms with E-state index in [0.29, 0.717) is 12.0 Å². The standard InChI is InChI=1S/C17H31NO/c19-15-17(10-6-3-7-11-17)14-18-12-16(13-18)8-4-1-2-5-9-16/h19H,1-15H2. The molecule has 0 aromatic rings. The van der Waals surface area contributed by atoms with Crippen LogP contribution in [0, 0.1) is 10.8 Å². The van der Waals surface area contributed by atoms with Crippen molar-refractivity contribution in [3.8, 4) is 0 Å². The van der Waals surface area contributed by atoms with Crippen LogP contribution in [0.5, 0.6) is 0 Å². The van der Waals surface area contributed by atoms with Gasteiger partial charge < -0.3 is 10.0 Å². The van der Waals surface area contributed by atoms with Crippen LogP contribution in [-0.4, -0.2) is 36.2 Å². The van der Waals surface area contributed by atoms with Crippen LogP contribution < -0.4 is 0 Å². The first-order valence-corrected chi connectivity index (χ1v) is 8.59. The van der Waals surface area contributed by atoms with Gasteiger partial charge in [-0.05, 0) is 31.1 Å². The molecule has 0 radical (unpaired) electrons. The Hall–Kier alpha value is -0.0800. The molecule has 2 heteroatoms. The molecule has 110 valence electrons. The minimum Gasteiger partial charge on any atom is -0.396 e. The number of hydrogen-bond acceptors (Lipinski definition) is 2. The molecule has 0 amide bonds. The summed E-state index contributed by atoms with van der Waals surface area (Å²) >= 11 is 0. The molecule has 0 unspecified atom stereocenters. The zero-order valence-corrected chi connectivity index (χ0v) is 12.5. The third kappa shape index (κ3) is 3.00. The Morgan fingerprint density at radius 3 is 1.84 bits per heavy atom. The molecule has 3 fully saturated rings. The number of aliphatic hydroxyl groups excluding tert-OH is 1. The van der Waals surface area contributed by atoms with E-state index in [1.807, 2.05) is 0 Å². The first-order valence-electron chi connectivity index (χ1n) is 8.59. The van der Waals surface area contributed by atoms with E-state index < -0.39 is 0 Å². The van der Waals surface area contributed by atoms with Crippen molar-refractivity contribution in [2.45, 2.75) is 70.6 Å². The van der Waals surface area contributed by atoms with Crippen LogP contribution in [0.25, 0.3) is 0 Å². The Kier molecular flexibility index (Phi) is 4.19. The van der Waals surface area contributed by atoms with Crippen molar-refractivity contribution in [3.63, 3.8) is 0 Å². The quantitative estimate of drug-likeness (QED) is 0.843. The lowest BCUT2D eigenvalue weighted by atomic mass is 9.69. The van der Waals surface area contributed by atoms with Crippen LogP contribution in [0.1, 0.15) is 70.6 Å². The van der Waals surface area contributed by atoms with Gasteiger partial charge in [-0.3, -0.25) is 0 Å². The summed E-state index contributed by atoms with van der Waals surface area (Å²) in [5.74, 6) is 0. The maximum atomic E-state index is 9.83. The minimum absolute atomic E-state index is 0.255. The number of nitrogens with zero attached hydrogens (tertiary/aromatic N) is 1. The highest BCUT2D eigenvalue weighted by Gasteiger charge is 2.45. The van der Waals surface area contributed by atoms with Crippen molar-refractivity contribution in [2.75, 3.05) is 26.2 Å². The van der Waals surface area contributed by atoms with E-state index in [4.69, 9.17) is 0 Å². The summed E-state index contributed by atoms with van der Waals surface area (Å²) < 4.78 is 0. The summed E-state index contributed by atoms with van der Waals surface area (Å²) in [6, 6.07) is 0. The Morgan fingerprint density at radius 2 is 1.26 bits per heavy atom. The predicted octanol–water partition coefficient (Wildman–Crippen LogP) is 3.59. The SMILES string of the molecule is OCC1(CN2CC3(CCCCCC3)C2)CCCCC1. The highest BCUT2D eigenvalue weighted by molar-refractivity contribution is 4.98. The molecule has 2 aliphatic carbocycles. The lowest BCUT2D eigenvalue weighted by Crippen LogP contribution is -2.59. The molecule has 1 heterocycles. The minimum atomic E-state index is 0.255. The average molecular weight is 265 g/mol. The van der Waals surface area contributed by atoms with Crippen LogP contribution in [0.15, 0.2) is 0 Å². The van der Waals surface area contributed by atoms with Gasteiger partial charge in [0.25, 0.3) is 0 Å². The highest BCUT2D eigenvalue weighted by atomic mass is 16.3. The molecule has 0 atom stereocenters. The van der Waals surface area contributed by atoms with Crippen LogP contribution >= 0.6 is 0 Å². The monoisotopic (exact) mass is 265 g/mol. The molecule has 0 aromatic carbocycles. The number of aliphatic hydroxyl groups is 1. The van der Waals surface area contributed by atoms with Gasteiger partial charge in [0.15, 0.2) is 0 Å². The summed E-state index contributed by atoms with van der Waals surface area (Å²) in [6.07, 6.45) is 15.3. The fraction of sp³-hybridized carbons (Fsp3) is 1.00. The summed E-state index contributed by atoms with van der Waals surface area (Å²) in [7, 11) is 0. The van der Waals surface area contributed by atoms with E-state index in [0.717, 1.165) is 0 Å². The van der Waals surface area contributed by atoms with Gasteiger partial charge in [-0.25, -0.2) is 0 Å². The van der Waals surface area contributed by atoms with Gasteiger partial charge in [0.05, 0.1) is 0 Å². The lowest BCUT2D eigenvalue weighted by Gasteiger charge is -2.54. The molecule has 1 aliphatic heterocycles. The van der Waals surface area contributed by atoms with Gasteiger partial charge in [-0.15, -0.1) is 0 Å². The van der Waals surface area contributed by atoms with Crippen molar-refractivity contribution in [2.24, 2.45) is 10.8 Å². The first-order chi connectivity index (χ1) is 9.26. The molecule has 1 saturated heterocycles. The summed E-state index contributed by atoms with van der Waals surface area (Å²) in [5.41, 5.74) is 0.937. The maximum Gasteiger partial charge on any atom is 0.0499 e. The van der Waals surface area contributed by atoms with Gasteiger partial charge in [0.2, 0.25) is 0 Å². The molecule has 3 rings (SSSR count). The third-order valence-corrected chi connectivity index (χ3v) is 6.09. The summed E-state index contributed by atoms with van der Waals surface area (Å²) in [6.45, 7) is 4.24. The van der Waals surface area contributed by atoms with E-state index in [2.05, 4.69) is 4.90 Å². The van der Waals surface area contributed by atoms with Crippen LogP contribution in [0.3, 0.4) is 0 Å². The van der Waals surface area contributed by atoms with Crippen LogP contribution in [0.2, 0.25) is 0 Å². The van der Waals surface area contributed by atoms with Crippen molar-refractivity contribution in [3.05, 3.63) is 0 Å². The largest absolute Gasteiger partial charge is 0.396 e. The van der Waals surface area contributed by atoms with Gasteiger partial charge in [0.1, 0.15) is 0 Å². The maximum absolute atomic E-state index is 9.83. The first kappa shape index (κ1) is 13.9. The molecule has 0 bridgehead atoms. The normalized spacial score (nSPS) is 30.8. The fourth-order valence-electron chi connectivity index (χ4n) is 4.95. The van der Waals surface area contributed by atoms with Gasteiger partial charge >= 0.3 is 0 Å². The molecule has 1 spiro atoms. The molecule has 19 heavy (non-hydrogen) atoms. The number of hydrogen-bond donors (Lipinski definition) is 1. The second-order valence-corrected chi connectivity index (χ2v) is 7.78. The second-order valence-electron chi connectivity index (χ2n) is 7.78. The molecule has 1 N–H and O–H groups in total. The second kappa shape index (κ2) is 5.73. The van der Waals surface area contributed by atoms with E-state index >= 15 is 0 Å². The highest BCUT2D eigenvalue weighted by Crippen LogP contribution is 2.45. The van der Waals surface area contributed by atoms with Crippen LogP contribution in [-0.2, 0) is 0 Å². The molecule has 3 aliphatic rings. The van der Waals surface area contributed by atoms with Gasteiger partial charge in [0, 0.05) is 31.7 Å². The van der Waals surface area contributed by atoms with Gasteiger partial charge in [-0.2, -0.15) is 0 Å². The van der Waals surface area contributed by atoms with Gasteiger partial charge in [-0.1, -0.05) is 44.9 Å². The van der Waals surface area contributed by atoms with E-state index in [1.54, 1.807) is 0 Å². The van der Waals surface area contributed by atoms with Crippen molar-refractivity contribution in [1.29, 1.82) is 0 Å². The predicted molar refractivity (Wildman–Crippen MR) is 79.2 cm³/mol. The molecule has 2 nitrogen and oxygen atoms in total. The fourth-order valence-corrected chi connectivity index (χ4v) is 4.95. The number of rotatable bonds is 3. The third-order valence-electron chi connectivity index (χ3n) is 6.09. The van der Waals surface area contributed by atoms with Crippen LogP contribution in [0.4, 0.5) is 0 Å². The Bertz CT molecular complexity index is 280. The zero-order chi connectivity index (χ0) is 13.2. The summed E-state index contributed by atoms with van der Waals surface area (Å²) in [4.78, 5) is 2.66. The van der Waals surface area contributed by atoms with Crippen molar-refractivity contribution in [1.82, 2.24) is 4.90 Å². The Morgan fingerprint density at radius 1 is 0.737 bits per heavy atom. The van der Waals surface area contributed by atoms with Crippen molar-refractivity contribution < 1.29 is 5.11 Å². The van der Waals surface area contributed by atoms with E-state index in [1.165, 1.54) is 90.3 Å². The van der Waals surface area contributed by atoms with Crippen molar-refractivity contribution >= 4 is 0 Å². The smallest absolute Gasteiger partial charge is 0.0499 e. The van der Waals surface area contributed by atoms with E-state index in [9.17, 15) is 5.11 Å². The molecule has 2 saturated carbocycles. The molecular weight excluding hydrogens is 234 g/mol. The lowest BCUT2D eigenvalue weighted by molar-refractivity contribution is -0.0588. The zero-order valence-electron chi connectivity index (χ0n) is 12.5. The topological polar surface area (TPSA) is 23.5 Å². The average Bonchev–Trinajstić information content (AvgIpc) is 2.65. The van der Waals surface area contributed by atoms with E-state index in [-0.39, 0.29) is 5.41 Å². The number of likely N-dealkylation sites (tertiary alicyclic amines) is 1. The molecule has 0 aromatic heterocycles. The Balaban J connectivity index is 1.52. The summed E-state index contributed by atoms with van der Waals surface area (Å²) in [5, 5.41) is 9.83. The molecular formula is C17H31NO. The Labute approximate surface area is 118 Å².